The fourth-order valence-electron chi connectivity index (χ4n) is 2.48. The van der Waals surface area contributed by atoms with Gasteiger partial charge in [0.25, 0.3) is 0 Å². The molecule has 0 aromatic heterocycles. The zero-order valence-corrected chi connectivity index (χ0v) is 8.81. The number of allylic oxidation sites excluding steroid dienone is 2. The number of benzene rings is 1. The van der Waals surface area contributed by atoms with Crippen molar-refractivity contribution in [3.63, 3.8) is 0 Å². The van der Waals surface area contributed by atoms with Crippen molar-refractivity contribution in [1.82, 2.24) is 0 Å². The summed E-state index contributed by atoms with van der Waals surface area (Å²) in [4.78, 5) is 0. The van der Waals surface area contributed by atoms with Crippen LogP contribution >= 0.6 is 0 Å². The van der Waals surface area contributed by atoms with Crippen molar-refractivity contribution in [1.29, 1.82) is 0 Å². The van der Waals surface area contributed by atoms with Crippen LogP contribution in [0.25, 0.3) is 5.57 Å². The molecule has 0 spiro atoms. The molecule has 13 heavy (non-hydrogen) atoms. The molecule has 1 aliphatic carbocycles. The van der Waals surface area contributed by atoms with E-state index in [0.29, 0.717) is 5.92 Å². The Morgan fingerprint density at radius 3 is 2.23 bits per heavy atom. The van der Waals surface area contributed by atoms with E-state index in [1.807, 2.05) is 0 Å². The quantitative estimate of drug-likeness (QED) is 0.558. The number of fused-ring (bicyclic) bond motifs is 1. The minimum Gasteiger partial charge on any atom is -0.0737 e. The first-order valence-corrected chi connectivity index (χ1v) is 4.90. The highest BCUT2D eigenvalue weighted by Crippen LogP contribution is 2.39. The highest BCUT2D eigenvalue weighted by Gasteiger charge is 2.20. The van der Waals surface area contributed by atoms with Crippen LogP contribution in [-0.4, -0.2) is 0 Å². The van der Waals surface area contributed by atoms with Crippen molar-refractivity contribution in [3.8, 4) is 0 Å². The Kier molecular flexibility index (Phi) is 1.80. The predicted octanol–water partition coefficient (Wildman–Crippen LogP) is 3.82. The maximum atomic E-state index is 2.37. The fraction of sp³-hybridized carbons (Fsp3) is 0.385. The van der Waals surface area contributed by atoms with Gasteiger partial charge in [0.1, 0.15) is 0 Å². The van der Waals surface area contributed by atoms with Crippen molar-refractivity contribution in [3.05, 3.63) is 40.5 Å². The molecule has 0 heterocycles. The lowest BCUT2D eigenvalue weighted by molar-refractivity contribution is 0.971. The zero-order valence-electron chi connectivity index (χ0n) is 8.81. The number of hydrogen-bond acceptors (Lipinski definition) is 0. The Hall–Kier alpha value is -1.04. The van der Waals surface area contributed by atoms with Gasteiger partial charge in [-0.2, -0.15) is 0 Å². The molecular formula is C13H16. The number of aryl methyl sites for hydroxylation is 2. The first kappa shape index (κ1) is 8.55. The van der Waals surface area contributed by atoms with Crippen LogP contribution in [0, 0.1) is 13.8 Å². The molecule has 1 atom stereocenters. The molecule has 2 rings (SSSR count). The topological polar surface area (TPSA) is 0 Å². The summed E-state index contributed by atoms with van der Waals surface area (Å²) in [5.41, 5.74) is 7.33. The van der Waals surface area contributed by atoms with Crippen LogP contribution in [0.4, 0.5) is 0 Å². The van der Waals surface area contributed by atoms with Gasteiger partial charge in [-0.3, -0.25) is 0 Å². The summed E-state index contributed by atoms with van der Waals surface area (Å²) < 4.78 is 0. The number of rotatable bonds is 0. The molecule has 0 bridgehead atoms. The van der Waals surface area contributed by atoms with Gasteiger partial charge in [-0.25, -0.2) is 0 Å². The Morgan fingerprint density at radius 2 is 1.62 bits per heavy atom. The van der Waals surface area contributed by atoms with Gasteiger partial charge in [0.15, 0.2) is 0 Å². The lowest BCUT2D eigenvalue weighted by atomic mass is 9.93. The summed E-state index contributed by atoms with van der Waals surface area (Å²) in [6, 6.07) is 4.46. The molecule has 0 heteroatoms. The van der Waals surface area contributed by atoms with E-state index < -0.39 is 0 Å². The van der Waals surface area contributed by atoms with Crippen molar-refractivity contribution in [2.75, 3.05) is 0 Å². The van der Waals surface area contributed by atoms with Gasteiger partial charge in [-0.15, -0.1) is 0 Å². The highest BCUT2D eigenvalue weighted by molar-refractivity contribution is 5.76. The summed E-state index contributed by atoms with van der Waals surface area (Å²) in [5, 5.41) is 0. The van der Waals surface area contributed by atoms with Crippen LogP contribution in [0.5, 0.6) is 0 Å². The molecule has 0 radical (unpaired) electrons. The van der Waals surface area contributed by atoms with Gasteiger partial charge in [0, 0.05) is 5.92 Å². The third-order valence-corrected chi connectivity index (χ3v) is 3.02. The minimum atomic E-state index is 0.606. The first-order chi connectivity index (χ1) is 6.11. The Balaban J connectivity index is 2.74. The van der Waals surface area contributed by atoms with Crippen molar-refractivity contribution in [2.24, 2.45) is 0 Å². The van der Waals surface area contributed by atoms with Gasteiger partial charge >= 0.3 is 0 Å². The third kappa shape index (κ3) is 1.13. The van der Waals surface area contributed by atoms with E-state index in [-0.39, 0.29) is 0 Å². The molecular weight excluding hydrogens is 156 g/mol. The maximum Gasteiger partial charge on any atom is 0.000425 e. The Labute approximate surface area is 80.3 Å². The van der Waals surface area contributed by atoms with E-state index in [4.69, 9.17) is 0 Å². The van der Waals surface area contributed by atoms with Gasteiger partial charge in [-0.05, 0) is 48.6 Å². The minimum absolute atomic E-state index is 0.606. The van der Waals surface area contributed by atoms with Crippen LogP contribution in [0.15, 0.2) is 18.2 Å². The van der Waals surface area contributed by atoms with E-state index in [9.17, 15) is 0 Å². The van der Waals surface area contributed by atoms with Gasteiger partial charge in [0.2, 0.25) is 0 Å². The average Bonchev–Trinajstić information content (AvgIpc) is 2.36. The molecule has 68 valence electrons. The lowest BCUT2D eigenvalue weighted by Crippen LogP contribution is -1.94. The van der Waals surface area contributed by atoms with E-state index in [1.165, 1.54) is 27.8 Å². The average molecular weight is 172 g/mol. The lowest BCUT2D eigenvalue weighted by Gasteiger charge is -2.11. The predicted molar refractivity (Wildman–Crippen MR) is 58.0 cm³/mol. The Bertz CT molecular complexity index is 383. The molecule has 1 aromatic carbocycles. The van der Waals surface area contributed by atoms with Crippen LogP contribution in [-0.2, 0) is 0 Å². The Morgan fingerprint density at radius 1 is 1.00 bits per heavy atom. The summed E-state index contributed by atoms with van der Waals surface area (Å²) in [6.45, 7) is 8.91. The normalized spacial score (nSPS) is 20.0. The molecule has 0 amide bonds. The molecule has 1 aromatic rings. The van der Waals surface area contributed by atoms with E-state index in [2.05, 4.69) is 45.9 Å². The maximum absolute atomic E-state index is 2.37. The standard InChI is InChI=1S/C13H16/c1-8-5-6-9(2)13-11(4)7-10(3)12(8)13/h5-7,10H,1-4H3. The van der Waals surface area contributed by atoms with Crippen LogP contribution < -0.4 is 0 Å². The summed E-state index contributed by atoms with van der Waals surface area (Å²) in [5.74, 6) is 0.606. The van der Waals surface area contributed by atoms with Crippen LogP contribution in [0.3, 0.4) is 0 Å². The van der Waals surface area contributed by atoms with Gasteiger partial charge in [0.05, 0.1) is 0 Å². The first-order valence-electron chi connectivity index (χ1n) is 4.90. The summed E-state index contributed by atoms with van der Waals surface area (Å²) in [7, 11) is 0. The largest absolute Gasteiger partial charge is 0.0737 e. The van der Waals surface area contributed by atoms with Crippen molar-refractivity contribution in [2.45, 2.75) is 33.6 Å². The molecule has 0 saturated carbocycles. The van der Waals surface area contributed by atoms with E-state index in [1.54, 1.807) is 0 Å². The molecule has 1 aliphatic rings. The van der Waals surface area contributed by atoms with Crippen LogP contribution in [0.1, 0.15) is 42.0 Å². The SMILES string of the molecule is CC1=CC(C)c2c(C)ccc(C)c21. The van der Waals surface area contributed by atoms with Crippen LogP contribution in [0.2, 0.25) is 0 Å². The van der Waals surface area contributed by atoms with E-state index >= 15 is 0 Å². The monoisotopic (exact) mass is 172 g/mol. The summed E-state index contributed by atoms with van der Waals surface area (Å²) in [6.07, 6.45) is 2.37. The smallest absolute Gasteiger partial charge is 0.000425 e. The second-order valence-electron chi connectivity index (χ2n) is 4.13. The summed E-state index contributed by atoms with van der Waals surface area (Å²) >= 11 is 0. The van der Waals surface area contributed by atoms with Crippen molar-refractivity contribution < 1.29 is 0 Å². The molecule has 0 aliphatic heterocycles. The van der Waals surface area contributed by atoms with E-state index in [0.717, 1.165) is 0 Å². The zero-order chi connectivity index (χ0) is 9.59. The van der Waals surface area contributed by atoms with Gasteiger partial charge < -0.3 is 0 Å². The third-order valence-electron chi connectivity index (χ3n) is 3.02. The molecule has 0 N–H and O–H groups in total. The molecule has 0 fully saturated rings. The second-order valence-corrected chi connectivity index (χ2v) is 4.13. The molecule has 1 unspecified atom stereocenters. The highest BCUT2D eigenvalue weighted by atomic mass is 14.2. The number of hydrogen-bond donors (Lipinski definition) is 0. The van der Waals surface area contributed by atoms with Crippen molar-refractivity contribution >= 4 is 5.57 Å². The van der Waals surface area contributed by atoms with Gasteiger partial charge in [-0.1, -0.05) is 25.1 Å². The molecule has 0 nitrogen and oxygen atoms in total. The fourth-order valence-corrected chi connectivity index (χ4v) is 2.48. The second kappa shape index (κ2) is 2.73. The molecule has 0 saturated heterocycles.